The third-order valence-electron chi connectivity index (χ3n) is 4.54. The van der Waals surface area contributed by atoms with E-state index in [9.17, 15) is 18.0 Å². The van der Waals surface area contributed by atoms with Crippen LogP contribution in [0.25, 0.3) is 0 Å². The number of halogens is 3. The summed E-state index contributed by atoms with van der Waals surface area (Å²) in [5, 5.41) is 2.34. The van der Waals surface area contributed by atoms with E-state index in [1.165, 1.54) is 30.3 Å². The predicted molar refractivity (Wildman–Crippen MR) is 114 cm³/mol. The van der Waals surface area contributed by atoms with Crippen molar-refractivity contribution >= 4 is 11.6 Å². The van der Waals surface area contributed by atoms with E-state index in [-0.39, 0.29) is 17.9 Å². The number of methoxy groups -OCH3 is 1. The first-order valence-electron chi connectivity index (χ1n) is 9.82. The van der Waals surface area contributed by atoms with Gasteiger partial charge in [0, 0.05) is 17.2 Å². The third kappa shape index (κ3) is 5.72. The van der Waals surface area contributed by atoms with Crippen molar-refractivity contribution in [2.24, 2.45) is 0 Å². The second kappa shape index (κ2) is 10.1. The van der Waals surface area contributed by atoms with E-state index in [1.54, 1.807) is 37.4 Å². The van der Waals surface area contributed by atoms with Gasteiger partial charge in [-0.3, -0.25) is 4.79 Å². The molecule has 32 heavy (non-hydrogen) atoms. The van der Waals surface area contributed by atoms with Crippen LogP contribution in [0.4, 0.5) is 18.9 Å². The van der Waals surface area contributed by atoms with Gasteiger partial charge >= 0.3 is 6.18 Å². The Morgan fingerprint density at radius 1 is 0.938 bits per heavy atom. The summed E-state index contributed by atoms with van der Waals surface area (Å²) >= 11 is 0. The Hall–Kier alpha value is -3.68. The van der Waals surface area contributed by atoms with Crippen LogP contribution < -0.4 is 19.5 Å². The van der Waals surface area contributed by atoms with Crippen LogP contribution in [-0.2, 0) is 12.8 Å². The highest BCUT2D eigenvalue weighted by atomic mass is 19.4. The summed E-state index contributed by atoms with van der Waals surface area (Å²) in [5.41, 5.74) is -0.477. The lowest BCUT2D eigenvalue weighted by Gasteiger charge is -2.15. The van der Waals surface area contributed by atoms with Crippen molar-refractivity contribution in [1.82, 2.24) is 0 Å². The summed E-state index contributed by atoms with van der Waals surface area (Å²) in [6.07, 6.45) is -4.58. The normalized spacial score (nSPS) is 11.0. The van der Waals surface area contributed by atoms with Gasteiger partial charge in [-0.25, -0.2) is 0 Å². The van der Waals surface area contributed by atoms with Crippen LogP contribution in [0.15, 0.2) is 66.7 Å². The Balaban J connectivity index is 1.83. The largest absolute Gasteiger partial charge is 0.497 e. The maximum Gasteiger partial charge on any atom is 0.418 e. The van der Waals surface area contributed by atoms with E-state index >= 15 is 0 Å². The number of rotatable bonds is 8. The van der Waals surface area contributed by atoms with Gasteiger partial charge in [0.05, 0.1) is 25.0 Å². The fourth-order valence-corrected chi connectivity index (χ4v) is 3.02. The minimum Gasteiger partial charge on any atom is -0.497 e. The monoisotopic (exact) mass is 445 g/mol. The standard InChI is InChI=1S/C24H22F3NO4/c1-3-31-22-12-11-16(13-17(22)15-32-19-8-6-7-18(14-19)30-2)23(29)28-21-10-5-4-9-20(21)24(25,26)27/h4-14H,3,15H2,1-2H3,(H,28,29). The molecule has 0 aliphatic carbocycles. The minimum atomic E-state index is -4.58. The first kappa shape index (κ1) is 23.0. The molecule has 0 saturated heterocycles. The molecule has 3 aromatic carbocycles. The Morgan fingerprint density at radius 3 is 2.41 bits per heavy atom. The summed E-state index contributed by atoms with van der Waals surface area (Å²) in [4.78, 5) is 12.7. The van der Waals surface area contributed by atoms with Gasteiger partial charge in [-0.1, -0.05) is 18.2 Å². The van der Waals surface area contributed by atoms with E-state index in [1.807, 2.05) is 6.92 Å². The molecule has 0 aliphatic heterocycles. The molecule has 0 heterocycles. The predicted octanol–water partition coefficient (Wildman–Crippen LogP) is 5.94. The lowest BCUT2D eigenvalue weighted by Crippen LogP contribution is -2.17. The van der Waals surface area contributed by atoms with Gasteiger partial charge in [-0.2, -0.15) is 13.2 Å². The number of amides is 1. The van der Waals surface area contributed by atoms with Gasteiger partial charge in [0.2, 0.25) is 0 Å². The van der Waals surface area contributed by atoms with Gasteiger partial charge in [0.25, 0.3) is 5.91 Å². The number of para-hydroxylation sites is 1. The molecule has 0 spiro atoms. The molecule has 1 N–H and O–H groups in total. The lowest BCUT2D eigenvalue weighted by atomic mass is 10.1. The number of anilines is 1. The van der Waals surface area contributed by atoms with Gasteiger partial charge < -0.3 is 19.5 Å². The first-order valence-corrected chi connectivity index (χ1v) is 9.82. The van der Waals surface area contributed by atoms with Crippen LogP contribution in [0.1, 0.15) is 28.4 Å². The van der Waals surface area contributed by atoms with Crippen LogP contribution in [0.5, 0.6) is 17.2 Å². The molecule has 0 unspecified atom stereocenters. The van der Waals surface area contributed by atoms with Crippen molar-refractivity contribution in [3.05, 3.63) is 83.4 Å². The molecule has 8 heteroatoms. The van der Waals surface area contributed by atoms with E-state index in [4.69, 9.17) is 14.2 Å². The van der Waals surface area contributed by atoms with Crippen LogP contribution in [0, 0.1) is 0 Å². The number of hydrogen-bond donors (Lipinski definition) is 1. The Labute approximate surface area is 183 Å². The smallest absolute Gasteiger partial charge is 0.418 e. The third-order valence-corrected chi connectivity index (χ3v) is 4.54. The van der Waals surface area contributed by atoms with Gasteiger partial charge in [-0.15, -0.1) is 0 Å². The second-order valence-corrected chi connectivity index (χ2v) is 6.72. The van der Waals surface area contributed by atoms with Crippen molar-refractivity contribution in [2.75, 3.05) is 19.0 Å². The Morgan fingerprint density at radius 2 is 1.69 bits per heavy atom. The number of carbonyl (C=O) groups is 1. The van der Waals surface area contributed by atoms with Gasteiger partial charge in [0.15, 0.2) is 0 Å². The lowest BCUT2D eigenvalue weighted by molar-refractivity contribution is -0.136. The van der Waals surface area contributed by atoms with Crippen LogP contribution in [0.3, 0.4) is 0 Å². The zero-order chi connectivity index (χ0) is 23.1. The molecular weight excluding hydrogens is 423 g/mol. The SMILES string of the molecule is CCOc1ccc(C(=O)Nc2ccccc2C(F)(F)F)cc1COc1cccc(OC)c1. The molecule has 0 fully saturated rings. The molecule has 0 radical (unpaired) electrons. The molecule has 5 nitrogen and oxygen atoms in total. The van der Waals surface area contributed by atoms with E-state index < -0.39 is 17.6 Å². The summed E-state index contributed by atoms with van der Waals surface area (Å²) in [5.74, 6) is 1.03. The Kier molecular flexibility index (Phi) is 7.25. The number of ether oxygens (including phenoxy) is 3. The average Bonchev–Trinajstić information content (AvgIpc) is 2.78. The Bertz CT molecular complexity index is 1080. The molecule has 1 amide bonds. The number of benzene rings is 3. The quantitative estimate of drug-likeness (QED) is 0.466. The molecule has 3 aromatic rings. The highest BCUT2D eigenvalue weighted by Crippen LogP contribution is 2.35. The number of hydrogen-bond acceptors (Lipinski definition) is 4. The zero-order valence-electron chi connectivity index (χ0n) is 17.5. The number of nitrogens with one attached hydrogen (secondary N) is 1. The molecule has 168 valence electrons. The zero-order valence-corrected chi connectivity index (χ0v) is 17.5. The van der Waals surface area contributed by atoms with Crippen LogP contribution >= 0.6 is 0 Å². The number of carbonyl (C=O) groups excluding carboxylic acids is 1. The molecular formula is C24H22F3NO4. The first-order chi connectivity index (χ1) is 15.3. The van der Waals surface area contributed by atoms with Crippen LogP contribution in [-0.4, -0.2) is 19.6 Å². The number of alkyl halides is 3. The van der Waals surface area contributed by atoms with Gasteiger partial charge in [-0.05, 0) is 49.4 Å². The summed E-state index contributed by atoms with van der Waals surface area (Å²) in [6.45, 7) is 2.31. The fraction of sp³-hybridized carbons (Fsp3) is 0.208. The highest BCUT2D eigenvalue weighted by molar-refractivity contribution is 6.05. The van der Waals surface area contributed by atoms with Crippen molar-refractivity contribution in [3.8, 4) is 17.2 Å². The molecule has 0 aromatic heterocycles. The van der Waals surface area contributed by atoms with E-state index in [0.717, 1.165) is 6.07 Å². The van der Waals surface area contributed by atoms with Crippen LogP contribution in [0.2, 0.25) is 0 Å². The minimum absolute atomic E-state index is 0.0861. The van der Waals surface area contributed by atoms with E-state index in [2.05, 4.69) is 5.32 Å². The molecule has 0 aliphatic rings. The van der Waals surface area contributed by atoms with Crippen molar-refractivity contribution < 1.29 is 32.2 Å². The van der Waals surface area contributed by atoms with E-state index in [0.29, 0.717) is 29.4 Å². The van der Waals surface area contributed by atoms with Crippen molar-refractivity contribution in [1.29, 1.82) is 0 Å². The molecule has 3 rings (SSSR count). The average molecular weight is 445 g/mol. The maximum absolute atomic E-state index is 13.2. The molecule has 0 bridgehead atoms. The topological polar surface area (TPSA) is 56.8 Å². The fourth-order valence-electron chi connectivity index (χ4n) is 3.02. The second-order valence-electron chi connectivity index (χ2n) is 6.72. The molecule has 0 atom stereocenters. The summed E-state index contributed by atoms with van der Waals surface area (Å²) < 4.78 is 56.2. The highest BCUT2D eigenvalue weighted by Gasteiger charge is 2.33. The van der Waals surface area contributed by atoms with Gasteiger partial charge in [0.1, 0.15) is 23.9 Å². The molecule has 0 saturated carbocycles. The summed E-state index contributed by atoms with van der Waals surface area (Å²) in [7, 11) is 1.55. The van der Waals surface area contributed by atoms with Crippen molar-refractivity contribution in [3.63, 3.8) is 0 Å². The maximum atomic E-state index is 13.2. The van der Waals surface area contributed by atoms with Crippen molar-refractivity contribution in [2.45, 2.75) is 19.7 Å². The summed E-state index contributed by atoms with van der Waals surface area (Å²) in [6, 6.07) is 16.5.